The maximum atomic E-state index is 13.2. The number of nitrogens with one attached hydrogen (secondary N) is 2. The highest BCUT2D eigenvalue weighted by molar-refractivity contribution is 5.90. The standard InChI is InChI=1S/C32H39N7O5/c1-8-43-28(40)27-34-24(31(2,3)4)17-25(35-27)36-30(41)33-22-14-15-23(21-12-10-9-11-20(21)22)44-19-13-16-26-37-38-29(39(26)18-19)32(5,6)42-7/h9-13,16-18,22-23H,8,14-15H2,1-7H3,(H2,33,34,35,36,41)/t22-,23+/m0/s1. The van der Waals surface area contributed by atoms with Crippen LogP contribution in [0.4, 0.5) is 10.6 Å². The van der Waals surface area contributed by atoms with Gasteiger partial charge in [0, 0.05) is 18.6 Å². The van der Waals surface area contributed by atoms with Gasteiger partial charge in [0.05, 0.1) is 24.5 Å². The molecule has 0 unspecified atom stereocenters. The number of ether oxygens (including phenoxy) is 3. The van der Waals surface area contributed by atoms with E-state index in [1.54, 1.807) is 20.1 Å². The number of urea groups is 1. The quantitative estimate of drug-likeness (QED) is 0.245. The zero-order valence-corrected chi connectivity index (χ0v) is 26.2. The molecule has 1 aromatic carbocycles. The molecule has 0 spiro atoms. The van der Waals surface area contributed by atoms with E-state index < -0.39 is 17.6 Å². The molecule has 3 aromatic heterocycles. The van der Waals surface area contributed by atoms with Crippen molar-refractivity contribution in [3.8, 4) is 5.75 Å². The van der Waals surface area contributed by atoms with Gasteiger partial charge in [-0.3, -0.25) is 9.72 Å². The third-order valence-electron chi connectivity index (χ3n) is 7.64. The van der Waals surface area contributed by atoms with Crippen molar-refractivity contribution < 1.29 is 23.8 Å². The number of methoxy groups -OCH3 is 1. The second-order valence-corrected chi connectivity index (χ2v) is 12.2. The molecule has 0 radical (unpaired) electrons. The number of carbonyl (C=O) groups excluding carboxylic acids is 2. The van der Waals surface area contributed by atoms with Crippen molar-refractivity contribution in [3.05, 3.63) is 77.1 Å². The summed E-state index contributed by atoms with van der Waals surface area (Å²) in [5, 5.41) is 14.5. The van der Waals surface area contributed by atoms with Crippen LogP contribution >= 0.6 is 0 Å². The largest absolute Gasteiger partial charge is 0.484 e. The molecule has 4 aromatic rings. The summed E-state index contributed by atoms with van der Waals surface area (Å²) in [5.74, 6) is 0.824. The Balaban J connectivity index is 1.33. The summed E-state index contributed by atoms with van der Waals surface area (Å²) in [5.41, 5.74) is 2.26. The molecule has 0 bridgehead atoms. The number of carbonyl (C=O) groups is 2. The Kier molecular flexibility index (Phi) is 8.55. The second-order valence-electron chi connectivity index (χ2n) is 12.2. The number of pyridine rings is 1. The molecule has 232 valence electrons. The summed E-state index contributed by atoms with van der Waals surface area (Å²) in [4.78, 5) is 34.2. The van der Waals surface area contributed by atoms with Crippen molar-refractivity contribution in [1.82, 2.24) is 29.9 Å². The molecular weight excluding hydrogens is 562 g/mol. The zero-order valence-electron chi connectivity index (χ0n) is 26.2. The Morgan fingerprint density at radius 3 is 2.45 bits per heavy atom. The van der Waals surface area contributed by atoms with Gasteiger partial charge >= 0.3 is 12.0 Å². The average molecular weight is 602 g/mol. The van der Waals surface area contributed by atoms with Crippen LogP contribution in [-0.2, 0) is 20.5 Å². The van der Waals surface area contributed by atoms with Gasteiger partial charge in [-0.15, -0.1) is 10.2 Å². The number of anilines is 1. The molecule has 2 atom stereocenters. The van der Waals surface area contributed by atoms with Crippen molar-refractivity contribution in [2.75, 3.05) is 19.0 Å². The number of fused-ring (bicyclic) bond motifs is 2. The molecule has 2 amide bonds. The molecule has 12 nitrogen and oxygen atoms in total. The van der Waals surface area contributed by atoms with Crippen LogP contribution in [0.2, 0.25) is 0 Å². The first-order chi connectivity index (χ1) is 20.9. The maximum absolute atomic E-state index is 13.2. The number of esters is 1. The van der Waals surface area contributed by atoms with Crippen LogP contribution in [0.15, 0.2) is 48.7 Å². The van der Waals surface area contributed by atoms with E-state index in [0.717, 1.165) is 11.1 Å². The molecule has 12 heteroatoms. The summed E-state index contributed by atoms with van der Waals surface area (Å²) < 4.78 is 19.1. The SMILES string of the molecule is CCOC(=O)c1nc(NC(=O)N[C@H]2CC[C@@H](Oc3ccc4nnc(C(C)(C)OC)n4c3)c3ccccc32)cc(C(C)(C)C)n1. The summed E-state index contributed by atoms with van der Waals surface area (Å²) in [6.07, 6.45) is 2.98. The van der Waals surface area contributed by atoms with E-state index in [9.17, 15) is 9.59 Å². The van der Waals surface area contributed by atoms with Crippen LogP contribution in [-0.4, -0.2) is 50.3 Å². The molecule has 0 aliphatic heterocycles. The highest BCUT2D eigenvalue weighted by Crippen LogP contribution is 2.39. The van der Waals surface area contributed by atoms with Crippen molar-refractivity contribution >= 4 is 23.5 Å². The Bertz CT molecular complexity index is 1680. The topological polar surface area (TPSA) is 142 Å². The van der Waals surface area contributed by atoms with E-state index >= 15 is 0 Å². The molecule has 5 rings (SSSR count). The van der Waals surface area contributed by atoms with Gasteiger partial charge in [-0.25, -0.2) is 19.6 Å². The number of rotatable bonds is 8. The summed E-state index contributed by atoms with van der Waals surface area (Å²) in [7, 11) is 1.64. The van der Waals surface area contributed by atoms with Gasteiger partial charge in [-0.2, -0.15) is 0 Å². The minimum atomic E-state index is -0.642. The van der Waals surface area contributed by atoms with Gasteiger partial charge in [0.1, 0.15) is 23.3 Å². The number of benzene rings is 1. The first-order valence-electron chi connectivity index (χ1n) is 14.7. The monoisotopic (exact) mass is 601 g/mol. The molecule has 1 aliphatic carbocycles. The highest BCUT2D eigenvalue weighted by Gasteiger charge is 2.31. The Morgan fingerprint density at radius 1 is 1.00 bits per heavy atom. The fourth-order valence-corrected chi connectivity index (χ4v) is 5.12. The van der Waals surface area contributed by atoms with Gasteiger partial charge in [-0.05, 0) is 56.9 Å². The summed E-state index contributed by atoms with van der Waals surface area (Å²) >= 11 is 0. The van der Waals surface area contributed by atoms with Crippen LogP contribution < -0.4 is 15.4 Å². The number of amides is 2. The predicted molar refractivity (Wildman–Crippen MR) is 164 cm³/mol. The van der Waals surface area contributed by atoms with Crippen LogP contribution in [0.5, 0.6) is 5.75 Å². The Labute approximate surface area is 256 Å². The molecule has 0 fully saturated rings. The highest BCUT2D eigenvalue weighted by atomic mass is 16.5. The smallest absolute Gasteiger partial charge is 0.376 e. The summed E-state index contributed by atoms with van der Waals surface area (Å²) in [6.45, 7) is 11.7. The first-order valence-corrected chi connectivity index (χ1v) is 14.7. The van der Waals surface area contributed by atoms with Crippen LogP contribution in [0.3, 0.4) is 0 Å². The molecular formula is C32H39N7O5. The zero-order chi connectivity index (χ0) is 31.6. The number of aromatic nitrogens is 5. The Hall–Kier alpha value is -4.58. The van der Waals surface area contributed by atoms with E-state index in [0.29, 0.717) is 35.8 Å². The van der Waals surface area contributed by atoms with Crippen molar-refractivity contribution in [1.29, 1.82) is 0 Å². The number of hydrogen-bond donors (Lipinski definition) is 2. The minimum Gasteiger partial charge on any atom is -0.484 e. The van der Waals surface area contributed by atoms with Crippen LogP contribution in [0.1, 0.15) is 99.8 Å². The summed E-state index contributed by atoms with van der Waals surface area (Å²) in [6, 6.07) is 12.7. The average Bonchev–Trinajstić information content (AvgIpc) is 3.42. The van der Waals surface area contributed by atoms with E-state index in [2.05, 4.69) is 30.8 Å². The van der Waals surface area contributed by atoms with E-state index in [-0.39, 0.29) is 35.8 Å². The van der Waals surface area contributed by atoms with Crippen LogP contribution in [0.25, 0.3) is 5.65 Å². The van der Waals surface area contributed by atoms with E-state index in [1.165, 1.54) is 0 Å². The maximum Gasteiger partial charge on any atom is 0.376 e. The normalized spacial score (nSPS) is 16.7. The third-order valence-corrected chi connectivity index (χ3v) is 7.64. The van der Waals surface area contributed by atoms with Gasteiger partial charge < -0.3 is 19.5 Å². The molecule has 2 N–H and O–H groups in total. The van der Waals surface area contributed by atoms with Crippen molar-refractivity contribution in [2.45, 2.75) is 77.5 Å². The van der Waals surface area contributed by atoms with Gasteiger partial charge in [0.25, 0.3) is 0 Å². The van der Waals surface area contributed by atoms with Gasteiger partial charge in [-0.1, -0.05) is 45.0 Å². The molecule has 0 saturated carbocycles. The predicted octanol–water partition coefficient (Wildman–Crippen LogP) is 5.65. The van der Waals surface area contributed by atoms with Gasteiger partial charge in [0.15, 0.2) is 11.5 Å². The lowest BCUT2D eigenvalue weighted by Crippen LogP contribution is -2.36. The fourth-order valence-electron chi connectivity index (χ4n) is 5.12. The molecule has 3 heterocycles. The first kappa shape index (κ1) is 30.9. The third kappa shape index (κ3) is 6.49. The second kappa shape index (κ2) is 12.2. The Morgan fingerprint density at radius 2 is 1.75 bits per heavy atom. The van der Waals surface area contributed by atoms with Gasteiger partial charge in [0.2, 0.25) is 5.82 Å². The van der Waals surface area contributed by atoms with E-state index in [4.69, 9.17) is 14.2 Å². The van der Waals surface area contributed by atoms with E-state index in [1.807, 2.05) is 81.6 Å². The van der Waals surface area contributed by atoms with Crippen LogP contribution in [0, 0.1) is 0 Å². The lowest BCUT2D eigenvalue weighted by Gasteiger charge is -2.32. The number of hydrogen-bond acceptors (Lipinski definition) is 9. The molecule has 44 heavy (non-hydrogen) atoms. The molecule has 0 saturated heterocycles. The lowest BCUT2D eigenvalue weighted by atomic mass is 9.85. The van der Waals surface area contributed by atoms with Crippen molar-refractivity contribution in [3.63, 3.8) is 0 Å². The fraction of sp³-hybridized carbons (Fsp3) is 0.438. The molecule has 1 aliphatic rings. The number of nitrogens with zero attached hydrogens (tertiary/aromatic N) is 5. The van der Waals surface area contributed by atoms with Crippen molar-refractivity contribution in [2.24, 2.45) is 0 Å². The minimum absolute atomic E-state index is 0.0971. The lowest BCUT2D eigenvalue weighted by molar-refractivity contribution is 0.0106.